The molecule has 0 saturated carbocycles. The Kier molecular flexibility index (Phi) is 6.73. The normalized spacial score (nSPS) is 19.7. The van der Waals surface area contributed by atoms with Crippen molar-refractivity contribution in [3.05, 3.63) is 76.9 Å². The smallest absolute Gasteiger partial charge is 0.127 e. The molecule has 2 atom stereocenters. The fourth-order valence-electron chi connectivity index (χ4n) is 4.21. The monoisotopic (exact) mass is 452 g/mol. The van der Waals surface area contributed by atoms with E-state index in [2.05, 4.69) is 105 Å². The maximum Gasteiger partial charge on any atom is 0.127 e. The van der Waals surface area contributed by atoms with E-state index in [9.17, 15) is 5.11 Å². The molecule has 1 aliphatic rings. The standard InChI is InChI=1S/C27H33BrO/c1-6-10-20-13-21(15-24(18(20)2)19-11-8-7-9-12-19)25-16-23(27(3,4)5)14-22(17-28)26(25)29/h7-9,11-16,18,20,29H,6,10,17H2,1-5H3. The van der Waals surface area contributed by atoms with Gasteiger partial charge in [-0.2, -0.15) is 0 Å². The molecule has 154 valence electrons. The highest BCUT2D eigenvalue weighted by molar-refractivity contribution is 9.08. The Morgan fingerprint density at radius 3 is 2.34 bits per heavy atom. The maximum atomic E-state index is 11.1. The fraction of sp³-hybridized carbons (Fsp3) is 0.407. The van der Waals surface area contributed by atoms with Crippen molar-refractivity contribution in [3.63, 3.8) is 0 Å². The Morgan fingerprint density at radius 1 is 1.07 bits per heavy atom. The molecule has 0 aromatic heterocycles. The summed E-state index contributed by atoms with van der Waals surface area (Å²) < 4.78 is 0. The number of allylic oxidation sites excluding steroid dienone is 4. The number of hydrogen-bond donors (Lipinski definition) is 1. The van der Waals surface area contributed by atoms with E-state index in [-0.39, 0.29) is 5.41 Å². The lowest BCUT2D eigenvalue weighted by Crippen LogP contribution is -2.16. The zero-order chi connectivity index (χ0) is 21.2. The highest BCUT2D eigenvalue weighted by Gasteiger charge is 2.27. The van der Waals surface area contributed by atoms with Crippen LogP contribution in [0.1, 0.15) is 69.7 Å². The molecule has 0 aliphatic heterocycles. The van der Waals surface area contributed by atoms with E-state index in [0.29, 0.717) is 22.9 Å². The number of halogens is 1. The molecule has 1 N–H and O–H groups in total. The van der Waals surface area contributed by atoms with E-state index in [4.69, 9.17) is 0 Å². The van der Waals surface area contributed by atoms with Crippen molar-refractivity contribution in [2.45, 2.75) is 58.2 Å². The van der Waals surface area contributed by atoms with E-state index in [0.717, 1.165) is 29.5 Å². The Bertz CT molecular complexity index is 916. The second-order valence-corrected chi connectivity index (χ2v) is 9.80. The fourth-order valence-corrected chi connectivity index (χ4v) is 4.64. The largest absolute Gasteiger partial charge is 0.507 e. The second kappa shape index (κ2) is 8.92. The number of hydrogen-bond acceptors (Lipinski definition) is 1. The summed E-state index contributed by atoms with van der Waals surface area (Å²) in [7, 11) is 0. The Hall–Kier alpha value is -1.80. The van der Waals surface area contributed by atoms with E-state index < -0.39 is 0 Å². The second-order valence-electron chi connectivity index (χ2n) is 9.24. The van der Waals surface area contributed by atoms with E-state index >= 15 is 0 Å². The van der Waals surface area contributed by atoms with Crippen molar-refractivity contribution in [3.8, 4) is 5.75 Å². The minimum atomic E-state index is 0.0245. The minimum Gasteiger partial charge on any atom is -0.507 e. The molecule has 2 aromatic carbocycles. The van der Waals surface area contributed by atoms with Gasteiger partial charge in [0.25, 0.3) is 0 Å². The Morgan fingerprint density at radius 2 is 1.76 bits per heavy atom. The zero-order valence-electron chi connectivity index (χ0n) is 18.3. The SMILES string of the molecule is CCCC1C=C(c2cc(C(C)(C)C)cc(CBr)c2O)C=C(c2ccccc2)C1C. The molecule has 0 radical (unpaired) electrons. The molecular formula is C27H33BrO. The summed E-state index contributed by atoms with van der Waals surface area (Å²) >= 11 is 3.57. The van der Waals surface area contributed by atoms with Gasteiger partial charge in [0.2, 0.25) is 0 Å². The van der Waals surface area contributed by atoms with Crippen LogP contribution >= 0.6 is 15.9 Å². The van der Waals surface area contributed by atoms with E-state index in [1.165, 1.54) is 16.7 Å². The topological polar surface area (TPSA) is 20.2 Å². The van der Waals surface area contributed by atoms with Crippen LogP contribution in [-0.4, -0.2) is 5.11 Å². The van der Waals surface area contributed by atoms with Crippen LogP contribution in [0.3, 0.4) is 0 Å². The predicted molar refractivity (Wildman–Crippen MR) is 129 cm³/mol. The van der Waals surface area contributed by atoms with Crippen LogP contribution in [0.2, 0.25) is 0 Å². The van der Waals surface area contributed by atoms with Gasteiger partial charge in [0.1, 0.15) is 5.75 Å². The highest BCUT2D eigenvalue weighted by Crippen LogP contribution is 2.44. The zero-order valence-corrected chi connectivity index (χ0v) is 19.9. The summed E-state index contributed by atoms with van der Waals surface area (Å²) in [4.78, 5) is 0. The van der Waals surface area contributed by atoms with Crippen molar-refractivity contribution >= 4 is 27.1 Å². The van der Waals surface area contributed by atoms with Gasteiger partial charge in [-0.3, -0.25) is 0 Å². The van der Waals surface area contributed by atoms with Crippen LogP contribution in [0.15, 0.2) is 54.6 Å². The lowest BCUT2D eigenvalue weighted by Gasteiger charge is -2.30. The number of phenolic OH excluding ortho intramolecular Hbond substituents is 1. The molecule has 2 aromatic rings. The third kappa shape index (κ3) is 4.69. The van der Waals surface area contributed by atoms with Crippen LogP contribution in [0, 0.1) is 11.8 Å². The average molecular weight is 453 g/mol. The lowest BCUT2D eigenvalue weighted by molar-refractivity contribution is 0.465. The molecule has 2 heteroatoms. The molecular weight excluding hydrogens is 420 g/mol. The molecule has 2 unspecified atom stereocenters. The summed E-state index contributed by atoms with van der Waals surface area (Å²) in [5.41, 5.74) is 6.96. The van der Waals surface area contributed by atoms with Gasteiger partial charge in [-0.1, -0.05) is 106 Å². The molecule has 0 fully saturated rings. The summed E-state index contributed by atoms with van der Waals surface area (Å²) in [6.45, 7) is 11.3. The number of alkyl halides is 1. The first-order valence-electron chi connectivity index (χ1n) is 10.7. The third-order valence-electron chi connectivity index (χ3n) is 6.08. The van der Waals surface area contributed by atoms with E-state index in [1.807, 2.05) is 0 Å². The molecule has 3 rings (SSSR count). The van der Waals surface area contributed by atoms with Gasteiger partial charge >= 0.3 is 0 Å². The predicted octanol–water partition coefficient (Wildman–Crippen LogP) is 8.12. The van der Waals surface area contributed by atoms with Gasteiger partial charge in [-0.15, -0.1) is 0 Å². The van der Waals surface area contributed by atoms with Gasteiger partial charge in [0.15, 0.2) is 0 Å². The van der Waals surface area contributed by atoms with Crippen molar-refractivity contribution < 1.29 is 5.11 Å². The quantitative estimate of drug-likeness (QED) is 0.453. The van der Waals surface area contributed by atoms with Gasteiger partial charge in [0, 0.05) is 16.5 Å². The van der Waals surface area contributed by atoms with Crippen LogP contribution in [0.25, 0.3) is 11.1 Å². The number of phenols is 1. The maximum absolute atomic E-state index is 11.1. The molecule has 1 aliphatic carbocycles. The molecule has 0 heterocycles. The molecule has 0 amide bonds. The third-order valence-corrected chi connectivity index (χ3v) is 6.68. The van der Waals surface area contributed by atoms with E-state index in [1.54, 1.807) is 0 Å². The van der Waals surface area contributed by atoms with Crippen LogP contribution in [0.4, 0.5) is 0 Å². The first-order chi connectivity index (χ1) is 13.8. The first-order valence-corrected chi connectivity index (χ1v) is 11.8. The van der Waals surface area contributed by atoms with Gasteiger partial charge < -0.3 is 5.11 Å². The van der Waals surface area contributed by atoms with Crippen LogP contribution in [-0.2, 0) is 10.7 Å². The number of rotatable bonds is 5. The first kappa shape index (κ1) is 21.9. The summed E-state index contributed by atoms with van der Waals surface area (Å²) in [5, 5.41) is 11.7. The molecule has 0 spiro atoms. The van der Waals surface area contributed by atoms with Crippen molar-refractivity contribution in [2.75, 3.05) is 0 Å². The summed E-state index contributed by atoms with van der Waals surface area (Å²) in [6.07, 6.45) is 6.99. The van der Waals surface area contributed by atoms with Crippen LogP contribution in [0.5, 0.6) is 5.75 Å². The van der Waals surface area contributed by atoms with Crippen LogP contribution < -0.4 is 0 Å². The van der Waals surface area contributed by atoms with Gasteiger partial charge in [0.05, 0.1) is 0 Å². The number of benzene rings is 2. The summed E-state index contributed by atoms with van der Waals surface area (Å²) in [6, 6.07) is 15.0. The number of aromatic hydroxyl groups is 1. The minimum absolute atomic E-state index is 0.0245. The van der Waals surface area contributed by atoms with Crippen molar-refractivity contribution in [1.82, 2.24) is 0 Å². The Balaban J connectivity index is 2.19. The molecule has 29 heavy (non-hydrogen) atoms. The summed E-state index contributed by atoms with van der Waals surface area (Å²) in [5.74, 6) is 1.33. The van der Waals surface area contributed by atoms with Gasteiger partial charge in [-0.25, -0.2) is 0 Å². The average Bonchev–Trinajstić information content (AvgIpc) is 2.69. The van der Waals surface area contributed by atoms with Crippen molar-refractivity contribution in [2.24, 2.45) is 11.8 Å². The lowest BCUT2D eigenvalue weighted by atomic mass is 9.74. The van der Waals surface area contributed by atoms with Gasteiger partial charge in [-0.05, 0) is 52.0 Å². The van der Waals surface area contributed by atoms with Crippen molar-refractivity contribution in [1.29, 1.82) is 0 Å². The molecule has 1 nitrogen and oxygen atoms in total. The molecule has 0 saturated heterocycles. The highest BCUT2D eigenvalue weighted by atomic mass is 79.9. The molecule has 0 bridgehead atoms. The Labute approximate surface area is 184 Å².